The van der Waals surface area contributed by atoms with Crippen LogP contribution in [0.15, 0.2) is 22.7 Å². The van der Waals surface area contributed by atoms with Crippen LogP contribution in [0, 0.1) is 0 Å². The van der Waals surface area contributed by atoms with E-state index in [2.05, 4.69) is 47.2 Å². The molecule has 0 spiro atoms. The molecule has 0 bridgehead atoms. The quantitative estimate of drug-likeness (QED) is 0.883. The van der Waals surface area contributed by atoms with Crippen LogP contribution < -0.4 is 14.8 Å². The van der Waals surface area contributed by atoms with Gasteiger partial charge in [0.1, 0.15) is 13.2 Å². The van der Waals surface area contributed by atoms with E-state index in [1.807, 2.05) is 12.1 Å². The smallest absolute Gasteiger partial charge is 0.232 e. The van der Waals surface area contributed by atoms with Crippen LogP contribution in [0.1, 0.15) is 45.3 Å². The lowest BCUT2D eigenvalue weighted by Crippen LogP contribution is -2.41. The minimum atomic E-state index is -0.116. The Balaban J connectivity index is 1.36. The number of ether oxygens (including phenoxy) is 2. The van der Waals surface area contributed by atoms with Crippen LogP contribution in [0.5, 0.6) is 11.5 Å². The van der Waals surface area contributed by atoms with E-state index < -0.39 is 0 Å². The first-order valence-electron chi connectivity index (χ1n) is 9.69. The van der Waals surface area contributed by atoms with Gasteiger partial charge in [0.25, 0.3) is 0 Å². The van der Waals surface area contributed by atoms with Crippen molar-refractivity contribution in [2.24, 2.45) is 0 Å². The van der Waals surface area contributed by atoms with Gasteiger partial charge in [-0.15, -0.1) is 0 Å². The molecule has 1 aromatic carbocycles. The van der Waals surface area contributed by atoms with Crippen LogP contribution in [0.2, 0.25) is 0 Å². The Morgan fingerprint density at radius 2 is 2.00 bits per heavy atom. The number of fused-ring (bicyclic) bond motifs is 1. The second kappa shape index (κ2) is 7.38. The Bertz CT molecular complexity index is 784. The molecule has 1 atom stereocenters. The van der Waals surface area contributed by atoms with Crippen molar-refractivity contribution >= 4 is 5.69 Å². The largest absolute Gasteiger partial charge is 0.486 e. The Morgan fingerprint density at radius 3 is 2.78 bits per heavy atom. The third-order valence-electron chi connectivity index (χ3n) is 4.89. The van der Waals surface area contributed by atoms with E-state index in [4.69, 9.17) is 14.0 Å². The summed E-state index contributed by atoms with van der Waals surface area (Å²) in [6, 6.07) is 6.45. The van der Waals surface area contributed by atoms with E-state index in [9.17, 15) is 0 Å². The molecule has 0 radical (unpaired) electrons. The van der Waals surface area contributed by atoms with Gasteiger partial charge in [0.15, 0.2) is 17.3 Å². The summed E-state index contributed by atoms with van der Waals surface area (Å²) in [5, 5.41) is 7.79. The number of anilines is 1. The van der Waals surface area contributed by atoms with Gasteiger partial charge < -0.3 is 19.3 Å². The Morgan fingerprint density at radius 1 is 1.19 bits per heavy atom. The van der Waals surface area contributed by atoms with Crippen LogP contribution in [0.25, 0.3) is 0 Å². The molecule has 27 heavy (non-hydrogen) atoms. The molecule has 146 valence electrons. The first kappa shape index (κ1) is 18.1. The topological polar surface area (TPSA) is 72.7 Å². The molecule has 4 rings (SSSR count). The van der Waals surface area contributed by atoms with Gasteiger partial charge >= 0.3 is 0 Å². The minimum Gasteiger partial charge on any atom is -0.486 e. The molecule has 2 aliphatic heterocycles. The summed E-state index contributed by atoms with van der Waals surface area (Å²) in [4.78, 5) is 6.95. The maximum absolute atomic E-state index is 5.68. The van der Waals surface area contributed by atoms with Crippen molar-refractivity contribution in [2.45, 2.75) is 51.6 Å². The third kappa shape index (κ3) is 4.35. The number of hydrogen-bond donors (Lipinski definition) is 1. The molecule has 1 aromatic heterocycles. The van der Waals surface area contributed by atoms with E-state index >= 15 is 0 Å². The summed E-state index contributed by atoms with van der Waals surface area (Å²) in [6.07, 6.45) is 2.29. The normalized spacial score (nSPS) is 20.5. The molecule has 3 heterocycles. The number of piperidine rings is 1. The van der Waals surface area contributed by atoms with Gasteiger partial charge in [0.05, 0.1) is 6.54 Å². The van der Waals surface area contributed by atoms with Gasteiger partial charge in [0, 0.05) is 29.8 Å². The fraction of sp³-hybridized carbons (Fsp3) is 0.600. The molecule has 0 amide bonds. The highest BCUT2D eigenvalue weighted by Gasteiger charge is 2.25. The molecule has 2 aromatic rings. The van der Waals surface area contributed by atoms with Crippen LogP contribution in [-0.4, -0.2) is 47.4 Å². The first-order chi connectivity index (χ1) is 13.0. The lowest BCUT2D eigenvalue weighted by atomic mass is 9.97. The number of rotatable bonds is 4. The minimum absolute atomic E-state index is 0.116. The van der Waals surface area contributed by atoms with E-state index in [0.717, 1.165) is 55.5 Å². The van der Waals surface area contributed by atoms with Crippen molar-refractivity contribution in [2.75, 3.05) is 31.6 Å². The zero-order chi connectivity index (χ0) is 18.9. The second-order valence-electron chi connectivity index (χ2n) is 8.34. The zero-order valence-electron chi connectivity index (χ0n) is 16.3. The number of nitrogens with one attached hydrogen (secondary N) is 1. The predicted octanol–water partition coefficient (Wildman–Crippen LogP) is 3.21. The van der Waals surface area contributed by atoms with Crippen molar-refractivity contribution in [3.8, 4) is 11.5 Å². The lowest BCUT2D eigenvalue weighted by Gasteiger charge is -2.33. The predicted molar refractivity (Wildman–Crippen MR) is 102 cm³/mol. The highest BCUT2D eigenvalue weighted by molar-refractivity contribution is 5.55. The van der Waals surface area contributed by atoms with Crippen LogP contribution in [-0.2, 0) is 12.0 Å². The Hall–Kier alpha value is -2.28. The number of aromatic nitrogens is 2. The van der Waals surface area contributed by atoms with Crippen molar-refractivity contribution < 1.29 is 14.0 Å². The highest BCUT2D eigenvalue weighted by Crippen LogP contribution is 2.33. The molecule has 1 fully saturated rings. The molecule has 1 unspecified atom stereocenters. The molecule has 7 nitrogen and oxygen atoms in total. The van der Waals surface area contributed by atoms with Gasteiger partial charge in [-0.1, -0.05) is 25.9 Å². The molecule has 7 heteroatoms. The van der Waals surface area contributed by atoms with E-state index in [-0.39, 0.29) is 5.41 Å². The van der Waals surface area contributed by atoms with Crippen LogP contribution in [0.4, 0.5) is 5.69 Å². The third-order valence-corrected chi connectivity index (χ3v) is 4.89. The van der Waals surface area contributed by atoms with Crippen molar-refractivity contribution in [3.63, 3.8) is 0 Å². The average molecular weight is 372 g/mol. The fourth-order valence-corrected chi connectivity index (χ4v) is 3.51. The van der Waals surface area contributed by atoms with Crippen LogP contribution >= 0.6 is 0 Å². The molecular formula is C20H28N4O3. The fourth-order valence-electron chi connectivity index (χ4n) is 3.51. The monoisotopic (exact) mass is 372 g/mol. The molecule has 1 N–H and O–H groups in total. The maximum Gasteiger partial charge on any atom is 0.232 e. The SMILES string of the molecule is CC(C)(C)c1nc(CN2CCCC(Nc3ccc4c(c3)OCCO4)C2)no1. The Labute approximate surface area is 160 Å². The summed E-state index contributed by atoms with van der Waals surface area (Å²) < 4.78 is 16.7. The van der Waals surface area contributed by atoms with Gasteiger partial charge in [0.2, 0.25) is 5.89 Å². The van der Waals surface area contributed by atoms with E-state index in [1.54, 1.807) is 0 Å². The standard InChI is InChI=1S/C20H28N4O3/c1-20(2,3)19-22-18(23-27-19)13-24-8-4-5-15(12-24)21-14-6-7-16-17(11-14)26-10-9-25-16/h6-7,11,15,21H,4-5,8-10,12-13H2,1-3H3. The molecular weight excluding hydrogens is 344 g/mol. The van der Waals surface area contributed by atoms with Crippen molar-refractivity contribution in [1.29, 1.82) is 0 Å². The van der Waals surface area contributed by atoms with Crippen LogP contribution in [0.3, 0.4) is 0 Å². The van der Waals surface area contributed by atoms with Gasteiger partial charge in [-0.2, -0.15) is 4.98 Å². The highest BCUT2D eigenvalue weighted by atomic mass is 16.6. The summed E-state index contributed by atoms with van der Waals surface area (Å²) in [5.74, 6) is 3.10. The summed E-state index contributed by atoms with van der Waals surface area (Å²) in [5.41, 5.74) is 0.954. The van der Waals surface area contributed by atoms with Gasteiger partial charge in [-0.05, 0) is 31.5 Å². The maximum atomic E-state index is 5.68. The van der Waals surface area contributed by atoms with E-state index in [0.29, 0.717) is 25.1 Å². The molecule has 2 aliphatic rings. The number of hydrogen-bond acceptors (Lipinski definition) is 7. The first-order valence-corrected chi connectivity index (χ1v) is 9.69. The van der Waals surface area contributed by atoms with Crippen molar-refractivity contribution in [3.05, 3.63) is 29.9 Å². The lowest BCUT2D eigenvalue weighted by molar-refractivity contribution is 0.171. The number of nitrogens with zero attached hydrogens (tertiary/aromatic N) is 3. The number of likely N-dealkylation sites (tertiary alicyclic amines) is 1. The second-order valence-corrected chi connectivity index (χ2v) is 8.34. The summed E-state index contributed by atoms with van der Waals surface area (Å²) >= 11 is 0. The van der Waals surface area contributed by atoms with E-state index in [1.165, 1.54) is 0 Å². The number of benzene rings is 1. The molecule has 1 saturated heterocycles. The zero-order valence-corrected chi connectivity index (χ0v) is 16.3. The summed E-state index contributed by atoms with van der Waals surface area (Å²) in [6.45, 7) is 10.2. The molecule has 0 aliphatic carbocycles. The van der Waals surface area contributed by atoms with Gasteiger partial charge in [-0.25, -0.2) is 0 Å². The van der Waals surface area contributed by atoms with Gasteiger partial charge in [-0.3, -0.25) is 4.90 Å². The molecule has 0 saturated carbocycles. The average Bonchev–Trinajstić information content (AvgIpc) is 3.11. The summed E-state index contributed by atoms with van der Waals surface area (Å²) in [7, 11) is 0. The van der Waals surface area contributed by atoms with Crippen molar-refractivity contribution in [1.82, 2.24) is 15.0 Å². The Kier molecular flexibility index (Phi) is 4.95.